The van der Waals surface area contributed by atoms with Crippen LogP contribution in [0, 0.1) is 0 Å². The number of hydrogen-bond donors (Lipinski definition) is 1. The van der Waals surface area contributed by atoms with E-state index in [0.29, 0.717) is 6.04 Å². The quantitative estimate of drug-likeness (QED) is 0.728. The summed E-state index contributed by atoms with van der Waals surface area (Å²) < 4.78 is 0. The number of rotatable bonds is 7. The second-order valence-electron chi connectivity index (χ2n) is 4.44. The monoisotopic (exact) mass is 232 g/mol. The van der Waals surface area contributed by atoms with Crippen LogP contribution in [0.5, 0.6) is 0 Å². The van der Waals surface area contributed by atoms with E-state index in [1.54, 1.807) is 0 Å². The van der Waals surface area contributed by atoms with Crippen LogP contribution in [-0.4, -0.2) is 61.3 Å². The summed E-state index contributed by atoms with van der Waals surface area (Å²) in [5.74, 6) is 0. The van der Waals surface area contributed by atoms with Crippen molar-refractivity contribution in [3.8, 4) is 0 Å². The van der Waals surface area contributed by atoms with Crippen LogP contribution in [0.25, 0.3) is 0 Å². The topological polar surface area (TPSA) is 26.7 Å². The van der Waals surface area contributed by atoms with E-state index in [9.17, 15) is 5.11 Å². The van der Waals surface area contributed by atoms with Gasteiger partial charge in [-0.3, -0.25) is 0 Å². The van der Waals surface area contributed by atoms with Crippen LogP contribution in [0.15, 0.2) is 0 Å². The van der Waals surface area contributed by atoms with Crippen molar-refractivity contribution in [3.05, 3.63) is 0 Å². The molecule has 2 atom stereocenters. The molecule has 0 heterocycles. The van der Waals surface area contributed by atoms with Crippen molar-refractivity contribution >= 4 is 0 Å². The van der Waals surface area contributed by atoms with Crippen molar-refractivity contribution in [1.29, 1.82) is 0 Å². The molecule has 0 aliphatic heterocycles. The maximum atomic E-state index is 9.50. The molecular formula is C13H32N2O. The van der Waals surface area contributed by atoms with E-state index in [1.807, 2.05) is 20.8 Å². The summed E-state index contributed by atoms with van der Waals surface area (Å²) in [5.41, 5.74) is 0. The van der Waals surface area contributed by atoms with E-state index in [4.69, 9.17) is 0 Å². The minimum atomic E-state index is -0.179. The Morgan fingerprint density at radius 2 is 1.62 bits per heavy atom. The van der Waals surface area contributed by atoms with Crippen molar-refractivity contribution in [2.24, 2.45) is 0 Å². The lowest BCUT2D eigenvalue weighted by Crippen LogP contribution is -2.37. The molecule has 0 saturated carbocycles. The van der Waals surface area contributed by atoms with Crippen molar-refractivity contribution in [2.45, 2.75) is 52.7 Å². The summed E-state index contributed by atoms with van der Waals surface area (Å²) >= 11 is 0. The summed E-state index contributed by atoms with van der Waals surface area (Å²) in [6.45, 7) is 10.1. The van der Waals surface area contributed by atoms with Gasteiger partial charge in [0.2, 0.25) is 0 Å². The Hall–Kier alpha value is -0.120. The smallest absolute Gasteiger partial charge is 0.0664 e. The maximum absolute atomic E-state index is 9.50. The van der Waals surface area contributed by atoms with Gasteiger partial charge in [0.15, 0.2) is 0 Å². The van der Waals surface area contributed by atoms with E-state index in [-0.39, 0.29) is 6.10 Å². The Morgan fingerprint density at radius 1 is 1.12 bits per heavy atom. The second kappa shape index (κ2) is 11.4. The van der Waals surface area contributed by atoms with Crippen LogP contribution in [-0.2, 0) is 0 Å². The lowest BCUT2D eigenvalue weighted by Gasteiger charge is -2.27. The molecule has 1 N–H and O–H groups in total. The summed E-state index contributed by atoms with van der Waals surface area (Å²) in [6.07, 6.45) is 1.81. The van der Waals surface area contributed by atoms with E-state index in [2.05, 4.69) is 37.9 Å². The van der Waals surface area contributed by atoms with Gasteiger partial charge in [0.05, 0.1) is 6.10 Å². The van der Waals surface area contributed by atoms with Gasteiger partial charge < -0.3 is 14.9 Å². The average molecular weight is 232 g/mol. The van der Waals surface area contributed by atoms with Gasteiger partial charge in [-0.15, -0.1) is 0 Å². The molecular weight excluding hydrogens is 200 g/mol. The Balaban J connectivity index is 0. The average Bonchev–Trinajstić information content (AvgIpc) is 2.28. The summed E-state index contributed by atoms with van der Waals surface area (Å²) in [6, 6.07) is 0.540. The molecule has 0 bridgehead atoms. The van der Waals surface area contributed by atoms with Crippen LogP contribution < -0.4 is 0 Å². The predicted molar refractivity (Wildman–Crippen MR) is 72.9 cm³/mol. The number of aliphatic hydroxyl groups is 1. The van der Waals surface area contributed by atoms with Gasteiger partial charge in [-0.05, 0) is 47.5 Å². The molecule has 3 nitrogen and oxygen atoms in total. The molecule has 0 fully saturated rings. The van der Waals surface area contributed by atoms with Gasteiger partial charge in [0.1, 0.15) is 0 Å². The minimum absolute atomic E-state index is 0.179. The fourth-order valence-electron chi connectivity index (χ4n) is 1.31. The molecule has 0 amide bonds. The molecule has 0 aromatic heterocycles. The normalized spacial score (nSPS) is 14.6. The highest BCUT2D eigenvalue weighted by Gasteiger charge is 2.12. The lowest BCUT2D eigenvalue weighted by atomic mass is 10.2. The van der Waals surface area contributed by atoms with Gasteiger partial charge in [-0.1, -0.05) is 20.8 Å². The zero-order valence-electron chi connectivity index (χ0n) is 12.3. The fraction of sp³-hybridized carbons (Fsp3) is 1.00. The predicted octanol–water partition coefficient (Wildman–Crippen LogP) is 2.06. The Morgan fingerprint density at radius 3 is 2.00 bits per heavy atom. The Kier molecular flexibility index (Phi) is 13.0. The molecule has 0 saturated heterocycles. The number of likely N-dealkylation sites (N-methyl/N-ethyl adjacent to an activating group) is 1. The molecule has 0 spiro atoms. The molecule has 0 rings (SSSR count). The first-order valence-electron chi connectivity index (χ1n) is 6.50. The first-order valence-corrected chi connectivity index (χ1v) is 6.50. The van der Waals surface area contributed by atoms with Gasteiger partial charge in [0, 0.05) is 12.6 Å². The van der Waals surface area contributed by atoms with Crippen LogP contribution in [0.3, 0.4) is 0 Å². The van der Waals surface area contributed by atoms with Crippen molar-refractivity contribution in [1.82, 2.24) is 9.80 Å². The number of hydrogen-bond acceptors (Lipinski definition) is 3. The molecule has 2 unspecified atom stereocenters. The molecule has 100 valence electrons. The maximum Gasteiger partial charge on any atom is 0.0664 e. The Bertz CT molecular complexity index is 140. The summed E-state index contributed by atoms with van der Waals surface area (Å²) in [4.78, 5) is 4.43. The Labute approximate surface area is 102 Å². The van der Waals surface area contributed by atoms with Gasteiger partial charge >= 0.3 is 0 Å². The third-order valence-electron chi connectivity index (χ3n) is 2.72. The highest BCUT2D eigenvalue weighted by atomic mass is 16.3. The third-order valence-corrected chi connectivity index (χ3v) is 2.72. The summed E-state index contributed by atoms with van der Waals surface area (Å²) in [5, 5.41) is 9.50. The standard InChI is InChI=1S/C11H26N2O.C2H6/c1-6-11(14)9-13(5)10(2)7-8-12(3)4;1-2/h10-11,14H,6-9H2,1-5H3;1-2H3. The third kappa shape index (κ3) is 10.4. The molecule has 0 radical (unpaired) electrons. The molecule has 0 aromatic rings. The highest BCUT2D eigenvalue weighted by molar-refractivity contribution is 4.67. The molecule has 0 aliphatic carbocycles. The van der Waals surface area contributed by atoms with Crippen LogP contribution in [0.1, 0.15) is 40.5 Å². The van der Waals surface area contributed by atoms with Crippen LogP contribution in [0.2, 0.25) is 0 Å². The van der Waals surface area contributed by atoms with Crippen molar-refractivity contribution < 1.29 is 5.11 Å². The first-order chi connectivity index (χ1) is 7.47. The largest absolute Gasteiger partial charge is 0.392 e. The lowest BCUT2D eigenvalue weighted by molar-refractivity contribution is 0.100. The molecule has 0 aliphatic rings. The molecule has 0 aromatic carbocycles. The SMILES string of the molecule is CC.CCC(O)CN(C)C(C)CCN(C)C. The zero-order valence-corrected chi connectivity index (χ0v) is 12.3. The van der Waals surface area contributed by atoms with Gasteiger partial charge in [-0.25, -0.2) is 0 Å². The van der Waals surface area contributed by atoms with Gasteiger partial charge in [0.25, 0.3) is 0 Å². The van der Waals surface area contributed by atoms with E-state index < -0.39 is 0 Å². The van der Waals surface area contributed by atoms with E-state index >= 15 is 0 Å². The van der Waals surface area contributed by atoms with E-state index in [0.717, 1.165) is 25.9 Å². The molecule has 3 heteroatoms. The van der Waals surface area contributed by atoms with Crippen molar-refractivity contribution in [3.63, 3.8) is 0 Å². The zero-order chi connectivity index (χ0) is 13.1. The fourth-order valence-corrected chi connectivity index (χ4v) is 1.31. The van der Waals surface area contributed by atoms with Crippen LogP contribution in [0.4, 0.5) is 0 Å². The summed E-state index contributed by atoms with van der Waals surface area (Å²) in [7, 11) is 6.26. The highest BCUT2D eigenvalue weighted by Crippen LogP contribution is 2.04. The van der Waals surface area contributed by atoms with Gasteiger partial charge in [-0.2, -0.15) is 0 Å². The first kappa shape index (κ1) is 18.3. The number of aliphatic hydroxyl groups excluding tert-OH is 1. The van der Waals surface area contributed by atoms with E-state index in [1.165, 1.54) is 0 Å². The molecule has 16 heavy (non-hydrogen) atoms. The van der Waals surface area contributed by atoms with Crippen molar-refractivity contribution in [2.75, 3.05) is 34.2 Å². The number of nitrogens with zero attached hydrogens (tertiary/aromatic N) is 2. The van der Waals surface area contributed by atoms with Crippen LogP contribution >= 0.6 is 0 Å². The second-order valence-corrected chi connectivity index (χ2v) is 4.44. The minimum Gasteiger partial charge on any atom is -0.392 e.